The second-order valence-electron chi connectivity index (χ2n) is 19.3. The summed E-state index contributed by atoms with van der Waals surface area (Å²) < 4.78 is 5.93. The first-order chi connectivity index (χ1) is 31.0. The van der Waals surface area contributed by atoms with E-state index in [0.29, 0.717) is 19.3 Å². The van der Waals surface area contributed by atoms with Crippen LogP contribution in [0.1, 0.15) is 303 Å². The Morgan fingerprint density at radius 3 is 1.14 bits per heavy atom. The summed E-state index contributed by atoms with van der Waals surface area (Å²) >= 11 is 0. The molecule has 63 heavy (non-hydrogen) atoms. The summed E-state index contributed by atoms with van der Waals surface area (Å²) in [7, 11) is 0. The fourth-order valence-electron chi connectivity index (χ4n) is 8.72. The smallest absolute Gasteiger partial charge is 0.306 e. The van der Waals surface area contributed by atoms with Crippen LogP contribution >= 0.6 is 0 Å². The molecule has 6 heteroatoms. The van der Waals surface area contributed by atoms with Crippen molar-refractivity contribution in [2.75, 3.05) is 6.61 Å². The topological polar surface area (TPSA) is 95.9 Å². The fraction of sp³-hybridized carbons (Fsp3) is 0.895. The minimum Gasteiger partial charge on any atom is -0.462 e. The van der Waals surface area contributed by atoms with Gasteiger partial charge in [0.1, 0.15) is 6.10 Å². The van der Waals surface area contributed by atoms with Crippen LogP contribution < -0.4 is 5.32 Å². The Morgan fingerprint density at radius 1 is 0.444 bits per heavy atom. The first-order valence-corrected chi connectivity index (χ1v) is 28.1. The normalized spacial score (nSPS) is 13.3. The number of aliphatic hydroxyl groups is 2. The van der Waals surface area contributed by atoms with Crippen molar-refractivity contribution >= 4 is 11.9 Å². The fourth-order valence-corrected chi connectivity index (χ4v) is 8.72. The average molecular weight is 889 g/mol. The van der Waals surface area contributed by atoms with Crippen LogP contribution in [0.4, 0.5) is 0 Å². The maximum absolute atomic E-state index is 13.2. The number of esters is 1. The number of allylic oxidation sites excluding steroid dienone is 4. The van der Waals surface area contributed by atoms with Crippen LogP contribution in [-0.4, -0.2) is 46.9 Å². The quantitative estimate of drug-likeness (QED) is 0.0321. The molecule has 3 unspecified atom stereocenters. The molecular formula is C57H109NO5. The predicted octanol–water partition coefficient (Wildman–Crippen LogP) is 17.1. The highest BCUT2D eigenvalue weighted by Crippen LogP contribution is 2.18. The number of carbonyl (C=O) groups is 2. The summed E-state index contributed by atoms with van der Waals surface area (Å²) in [4.78, 5) is 26.2. The Morgan fingerprint density at radius 2 is 0.762 bits per heavy atom. The van der Waals surface area contributed by atoms with Gasteiger partial charge in [-0.2, -0.15) is 0 Å². The molecule has 0 aliphatic rings. The number of carbonyl (C=O) groups excluding carboxylic acids is 2. The van der Waals surface area contributed by atoms with Gasteiger partial charge in [-0.3, -0.25) is 9.59 Å². The third kappa shape index (κ3) is 46.7. The third-order valence-corrected chi connectivity index (χ3v) is 13.0. The molecule has 0 aromatic heterocycles. The third-order valence-electron chi connectivity index (χ3n) is 13.0. The van der Waals surface area contributed by atoms with Crippen molar-refractivity contribution in [2.45, 2.75) is 322 Å². The second-order valence-corrected chi connectivity index (χ2v) is 19.3. The molecule has 0 aliphatic carbocycles. The summed E-state index contributed by atoms with van der Waals surface area (Å²) in [5.74, 6) is -0.493. The molecule has 6 nitrogen and oxygen atoms in total. The number of hydrogen-bond donors (Lipinski definition) is 3. The van der Waals surface area contributed by atoms with E-state index in [4.69, 9.17) is 4.74 Å². The van der Waals surface area contributed by atoms with E-state index in [0.717, 1.165) is 64.2 Å². The highest BCUT2D eigenvalue weighted by Gasteiger charge is 2.24. The maximum atomic E-state index is 13.2. The Hall–Kier alpha value is -1.66. The van der Waals surface area contributed by atoms with Crippen LogP contribution in [0.15, 0.2) is 24.3 Å². The zero-order valence-electron chi connectivity index (χ0n) is 42.5. The minimum absolute atomic E-state index is 0.0654. The highest BCUT2D eigenvalue weighted by atomic mass is 16.5. The molecule has 0 saturated heterocycles. The maximum Gasteiger partial charge on any atom is 0.306 e. The van der Waals surface area contributed by atoms with E-state index in [1.165, 1.54) is 193 Å². The van der Waals surface area contributed by atoms with E-state index < -0.39 is 18.2 Å². The Bertz CT molecular complexity index is 997. The number of aliphatic hydroxyl groups excluding tert-OH is 2. The summed E-state index contributed by atoms with van der Waals surface area (Å²) in [6.45, 7) is 6.50. The van der Waals surface area contributed by atoms with Crippen LogP contribution in [0.2, 0.25) is 0 Å². The lowest BCUT2D eigenvalue weighted by Crippen LogP contribution is -2.46. The van der Waals surface area contributed by atoms with Gasteiger partial charge in [0.25, 0.3) is 0 Å². The van der Waals surface area contributed by atoms with E-state index in [2.05, 4.69) is 50.4 Å². The standard InChI is InChI=1S/C57H109NO5/c1-4-7-10-13-16-19-22-25-28-29-31-34-37-40-43-46-49-55(60)54(52-59)58-56(61)51-53(48-45-42-39-36-33-30-26-23-20-17-14-11-8-5-2)63-57(62)50-47-44-41-38-35-32-27-24-21-18-15-12-9-6-3/h30,32-33,35,53-55,59-60H,4-29,31,34,36-52H2,1-3H3,(H,58,61)/b33-30+,35-32-. The van der Waals surface area contributed by atoms with Gasteiger partial charge >= 0.3 is 5.97 Å². The van der Waals surface area contributed by atoms with Gasteiger partial charge in [0.2, 0.25) is 5.91 Å². The van der Waals surface area contributed by atoms with Gasteiger partial charge in [0.15, 0.2) is 0 Å². The van der Waals surface area contributed by atoms with Gasteiger partial charge in [-0.1, -0.05) is 238 Å². The zero-order chi connectivity index (χ0) is 45.9. The molecule has 0 spiro atoms. The van der Waals surface area contributed by atoms with Gasteiger partial charge < -0.3 is 20.3 Å². The first-order valence-electron chi connectivity index (χ1n) is 28.1. The summed E-state index contributed by atoms with van der Waals surface area (Å²) in [5.41, 5.74) is 0. The van der Waals surface area contributed by atoms with Gasteiger partial charge in [0.05, 0.1) is 25.2 Å². The number of hydrogen-bond acceptors (Lipinski definition) is 5. The van der Waals surface area contributed by atoms with Gasteiger partial charge in [-0.25, -0.2) is 0 Å². The monoisotopic (exact) mass is 888 g/mol. The number of amides is 1. The summed E-state index contributed by atoms with van der Waals surface area (Å²) in [6, 6.07) is -0.706. The molecule has 0 bridgehead atoms. The molecule has 3 atom stereocenters. The predicted molar refractivity (Wildman–Crippen MR) is 273 cm³/mol. The van der Waals surface area contributed by atoms with Crippen molar-refractivity contribution in [3.05, 3.63) is 24.3 Å². The van der Waals surface area contributed by atoms with Gasteiger partial charge in [0, 0.05) is 6.42 Å². The first kappa shape index (κ1) is 61.3. The molecule has 372 valence electrons. The number of unbranched alkanes of at least 4 members (excludes halogenated alkanes) is 35. The molecule has 0 rings (SSSR count). The van der Waals surface area contributed by atoms with Crippen LogP contribution in [0.25, 0.3) is 0 Å². The van der Waals surface area contributed by atoms with Crippen LogP contribution in [0, 0.1) is 0 Å². The van der Waals surface area contributed by atoms with Crippen molar-refractivity contribution in [1.29, 1.82) is 0 Å². The lowest BCUT2D eigenvalue weighted by molar-refractivity contribution is -0.151. The van der Waals surface area contributed by atoms with Crippen LogP contribution in [-0.2, 0) is 14.3 Å². The van der Waals surface area contributed by atoms with Gasteiger partial charge in [-0.05, 0) is 77.0 Å². The number of ether oxygens (including phenoxy) is 1. The van der Waals surface area contributed by atoms with Crippen LogP contribution in [0.5, 0.6) is 0 Å². The molecule has 0 heterocycles. The van der Waals surface area contributed by atoms with Crippen molar-refractivity contribution in [3.8, 4) is 0 Å². The molecule has 1 amide bonds. The molecule has 0 aliphatic heterocycles. The van der Waals surface area contributed by atoms with Gasteiger partial charge in [-0.15, -0.1) is 0 Å². The zero-order valence-corrected chi connectivity index (χ0v) is 42.5. The molecule has 0 saturated carbocycles. The van der Waals surface area contributed by atoms with E-state index in [-0.39, 0.29) is 24.9 Å². The molecule has 0 aromatic rings. The SMILES string of the molecule is CCCCCCCCC/C=C\CCCCCC(=O)OC(CCCCC/C=C/CCCCCCCCC)CC(=O)NC(CO)C(O)CCCCCCCCCCCCCCCCCC. The molecule has 3 N–H and O–H groups in total. The Kier molecular flexibility index (Phi) is 50.0. The summed E-state index contributed by atoms with van der Waals surface area (Å²) in [6.07, 6.45) is 59.6. The summed E-state index contributed by atoms with van der Waals surface area (Å²) in [5, 5.41) is 23.9. The average Bonchev–Trinajstić information content (AvgIpc) is 3.28. The van der Waals surface area contributed by atoms with Crippen LogP contribution in [0.3, 0.4) is 0 Å². The van der Waals surface area contributed by atoms with Crippen molar-refractivity contribution < 1.29 is 24.5 Å². The minimum atomic E-state index is -0.791. The lowest BCUT2D eigenvalue weighted by Gasteiger charge is -2.24. The number of rotatable bonds is 51. The molecular weight excluding hydrogens is 779 g/mol. The second kappa shape index (κ2) is 51.3. The van der Waals surface area contributed by atoms with E-state index >= 15 is 0 Å². The molecule has 0 aromatic carbocycles. The Balaban J connectivity index is 4.55. The van der Waals surface area contributed by atoms with E-state index in [1.54, 1.807) is 0 Å². The van der Waals surface area contributed by atoms with E-state index in [1.807, 2.05) is 0 Å². The van der Waals surface area contributed by atoms with Crippen molar-refractivity contribution in [2.24, 2.45) is 0 Å². The lowest BCUT2D eigenvalue weighted by atomic mass is 10.0. The Labute approximate surface area is 392 Å². The highest BCUT2D eigenvalue weighted by molar-refractivity contribution is 5.77. The van der Waals surface area contributed by atoms with Crippen molar-refractivity contribution in [1.82, 2.24) is 5.32 Å². The molecule has 0 fully saturated rings. The largest absolute Gasteiger partial charge is 0.462 e. The van der Waals surface area contributed by atoms with E-state index in [9.17, 15) is 19.8 Å². The van der Waals surface area contributed by atoms with Crippen molar-refractivity contribution in [3.63, 3.8) is 0 Å². The number of nitrogens with one attached hydrogen (secondary N) is 1. The molecule has 0 radical (unpaired) electrons.